The molecular formula is C10H12ClFN2O2S. The first-order valence-electron chi connectivity index (χ1n) is 4.73. The smallest absolute Gasteiger partial charge is 0.243 e. The topological polar surface area (TPSA) is 72.2 Å². The van der Waals surface area contributed by atoms with Gasteiger partial charge < -0.3 is 5.73 Å². The molecular weight excluding hydrogens is 267 g/mol. The SMILES string of the molecule is C=CCCNS(=O)(=O)c1cc(Cl)cc(N)c1F. The Hall–Kier alpha value is -1.11. The van der Waals surface area contributed by atoms with Gasteiger partial charge in [-0.15, -0.1) is 6.58 Å². The lowest BCUT2D eigenvalue weighted by molar-refractivity contribution is 0.559. The molecule has 0 fully saturated rings. The average Bonchev–Trinajstić information content (AvgIpc) is 2.23. The largest absolute Gasteiger partial charge is 0.396 e. The van der Waals surface area contributed by atoms with Gasteiger partial charge in [-0.25, -0.2) is 17.5 Å². The Kier molecular flexibility index (Phi) is 4.50. The summed E-state index contributed by atoms with van der Waals surface area (Å²) in [5, 5.41) is 0.0630. The van der Waals surface area contributed by atoms with Crippen molar-refractivity contribution in [1.29, 1.82) is 0 Å². The molecule has 0 amide bonds. The van der Waals surface area contributed by atoms with Crippen LogP contribution >= 0.6 is 11.6 Å². The Morgan fingerprint density at radius 2 is 2.18 bits per heavy atom. The van der Waals surface area contributed by atoms with Crippen LogP contribution in [-0.2, 0) is 10.0 Å². The van der Waals surface area contributed by atoms with E-state index in [4.69, 9.17) is 17.3 Å². The van der Waals surface area contributed by atoms with Crippen LogP contribution < -0.4 is 10.5 Å². The number of nitrogen functional groups attached to an aromatic ring is 1. The molecule has 0 radical (unpaired) electrons. The van der Waals surface area contributed by atoms with E-state index in [9.17, 15) is 12.8 Å². The van der Waals surface area contributed by atoms with Crippen LogP contribution in [0, 0.1) is 5.82 Å². The van der Waals surface area contributed by atoms with Crippen LogP contribution in [0.3, 0.4) is 0 Å². The molecule has 4 nitrogen and oxygen atoms in total. The van der Waals surface area contributed by atoms with Crippen LogP contribution in [0.25, 0.3) is 0 Å². The molecule has 0 saturated heterocycles. The van der Waals surface area contributed by atoms with Gasteiger partial charge in [0.2, 0.25) is 10.0 Å². The monoisotopic (exact) mass is 278 g/mol. The fourth-order valence-corrected chi connectivity index (χ4v) is 2.62. The van der Waals surface area contributed by atoms with E-state index in [1.54, 1.807) is 6.08 Å². The minimum Gasteiger partial charge on any atom is -0.396 e. The van der Waals surface area contributed by atoms with E-state index in [1.807, 2.05) is 0 Å². The molecule has 1 rings (SSSR count). The quantitative estimate of drug-likeness (QED) is 0.491. The van der Waals surface area contributed by atoms with Gasteiger partial charge in [0.25, 0.3) is 0 Å². The summed E-state index contributed by atoms with van der Waals surface area (Å²) < 4.78 is 39.2. The third-order valence-corrected chi connectivity index (χ3v) is 3.64. The number of halogens is 2. The number of hydrogen-bond donors (Lipinski definition) is 2. The minimum atomic E-state index is -3.95. The number of nitrogens with one attached hydrogen (secondary N) is 1. The number of benzene rings is 1. The summed E-state index contributed by atoms with van der Waals surface area (Å²) >= 11 is 5.63. The zero-order valence-electron chi connectivity index (χ0n) is 8.91. The van der Waals surface area contributed by atoms with E-state index in [1.165, 1.54) is 0 Å². The van der Waals surface area contributed by atoms with Crippen molar-refractivity contribution in [2.75, 3.05) is 12.3 Å². The highest BCUT2D eigenvalue weighted by Gasteiger charge is 2.21. The maximum absolute atomic E-state index is 13.6. The van der Waals surface area contributed by atoms with Crippen LogP contribution in [0.4, 0.5) is 10.1 Å². The first kappa shape index (κ1) is 14.0. The normalized spacial score (nSPS) is 11.4. The van der Waals surface area contributed by atoms with Gasteiger partial charge in [0.15, 0.2) is 5.82 Å². The summed E-state index contributed by atoms with van der Waals surface area (Å²) in [5.74, 6) is -1.000. The zero-order chi connectivity index (χ0) is 13.1. The van der Waals surface area contributed by atoms with E-state index in [0.717, 1.165) is 12.1 Å². The lowest BCUT2D eigenvalue weighted by Crippen LogP contribution is -2.25. The minimum absolute atomic E-state index is 0.0630. The fourth-order valence-electron chi connectivity index (χ4n) is 1.15. The van der Waals surface area contributed by atoms with Crippen LogP contribution in [-0.4, -0.2) is 15.0 Å². The standard InChI is InChI=1S/C10H12ClFN2O2S/c1-2-3-4-14-17(15,16)9-6-7(11)5-8(13)10(9)12/h2,5-6,14H,1,3-4,13H2. The number of anilines is 1. The van der Waals surface area contributed by atoms with Gasteiger partial charge in [-0.1, -0.05) is 17.7 Å². The van der Waals surface area contributed by atoms with Crippen molar-refractivity contribution < 1.29 is 12.8 Å². The predicted molar refractivity (Wildman–Crippen MR) is 65.8 cm³/mol. The molecule has 0 heterocycles. The van der Waals surface area contributed by atoms with Gasteiger partial charge in [-0.05, 0) is 18.6 Å². The average molecular weight is 279 g/mol. The molecule has 0 saturated carbocycles. The lowest BCUT2D eigenvalue weighted by Gasteiger charge is -2.08. The molecule has 1 aromatic rings. The second kappa shape index (κ2) is 5.48. The third kappa shape index (κ3) is 3.42. The molecule has 0 aromatic heterocycles. The van der Waals surface area contributed by atoms with Crippen molar-refractivity contribution in [2.45, 2.75) is 11.3 Å². The molecule has 0 spiro atoms. The van der Waals surface area contributed by atoms with Gasteiger partial charge >= 0.3 is 0 Å². The van der Waals surface area contributed by atoms with E-state index in [2.05, 4.69) is 11.3 Å². The van der Waals surface area contributed by atoms with E-state index in [0.29, 0.717) is 6.42 Å². The molecule has 7 heteroatoms. The van der Waals surface area contributed by atoms with Crippen LogP contribution in [0.1, 0.15) is 6.42 Å². The van der Waals surface area contributed by atoms with Crippen LogP contribution in [0.5, 0.6) is 0 Å². The van der Waals surface area contributed by atoms with Gasteiger partial charge in [-0.3, -0.25) is 0 Å². The lowest BCUT2D eigenvalue weighted by atomic mass is 10.3. The van der Waals surface area contributed by atoms with Crippen LogP contribution in [0.15, 0.2) is 29.7 Å². The first-order chi connectivity index (χ1) is 7.88. The highest BCUT2D eigenvalue weighted by atomic mass is 35.5. The van der Waals surface area contributed by atoms with Gasteiger partial charge in [0.05, 0.1) is 5.69 Å². The van der Waals surface area contributed by atoms with E-state index in [-0.39, 0.29) is 17.3 Å². The summed E-state index contributed by atoms with van der Waals surface area (Å²) in [4.78, 5) is -0.549. The molecule has 94 valence electrons. The predicted octanol–water partition coefficient (Wildman–Crippen LogP) is 1.92. The Bertz CT molecular complexity index is 531. The van der Waals surface area contributed by atoms with Crippen molar-refractivity contribution in [3.8, 4) is 0 Å². The molecule has 0 atom stereocenters. The Balaban J connectivity index is 3.10. The van der Waals surface area contributed by atoms with Crippen molar-refractivity contribution in [2.24, 2.45) is 0 Å². The second-order valence-electron chi connectivity index (χ2n) is 3.28. The van der Waals surface area contributed by atoms with Crippen LogP contribution in [0.2, 0.25) is 5.02 Å². The molecule has 0 aliphatic heterocycles. The van der Waals surface area contributed by atoms with Crippen molar-refractivity contribution in [1.82, 2.24) is 4.72 Å². The fraction of sp³-hybridized carbons (Fsp3) is 0.200. The summed E-state index contributed by atoms with van der Waals surface area (Å²) in [7, 11) is -3.95. The summed E-state index contributed by atoms with van der Waals surface area (Å²) in [6.45, 7) is 3.59. The van der Waals surface area contributed by atoms with Gasteiger partial charge in [0.1, 0.15) is 4.90 Å². The summed E-state index contributed by atoms with van der Waals surface area (Å²) in [6.07, 6.45) is 1.99. The number of rotatable bonds is 5. The Labute approximate surface area is 104 Å². The molecule has 1 aromatic carbocycles. The molecule has 0 aliphatic carbocycles. The molecule has 0 unspecified atom stereocenters. The summed E-state index contributed by atoms with van der Waals surface area (Å²) in [6, 6.07) is 2.17. The van der Waals surface area contributed by atoms with E-state index < -0.39 is 20.7 Å². The molecule has 17 heavy (non-hydrogen) atoms. The van der Waals surface area contributed by atoms with Gasteiger partial charge in [-0.2, -0.15) is 0 Å². The Morgan fingerprint density at radius 3 is 2.76 bits per heavy atom. The first-order valence-corrected chi connectivity index (χ1v) is 6.59. The highest BCUT2D eigenvalue weighted by Crippen LogP contribution is 2.24. The van der Waals surface area contributed by atoms with Crippen molar-refractivity contribution in [3.63, 3.8) is 0 Å². The van der Waals surface area contributed by atoms with Gasteiger partial charge in [0, 0.05) is 11.6 Å². The Morgan fingerprint density at radius 1 is 1.53 bits per heavy atom. The highest BCUT2D eigenvalue weighted by molar-refractivity contribution is 7.89. The number of sulfonamides is 1. The molecule has 0 bridgehead atoms. The maximum atomic E-state index is 13.6. The number of nitrogens with two attached hydrogens (primary N) is 1. The molecule has 0 aliphatic rings. The maximum Gasteiger partial charge on any atom is 0.243 e. The van der Waals surface area contributed by atoms with E-state index >= 15 is 0 Å². The third-order valence-electron chi connectivity index (χ3n) is 1.96. The number of hydrogen-bond acceptors (Lipinski definition) is 3. The second-order valence-corrected chi connectivity index (χ2v) is 5.45. The van der Waals surface area contributed by atoms with Crippen molar-refractivity contribution >= 4 is 27.3 Å². The summed E-state index contributed by atoms with van der Waals surface area (Å²) in [5.41, 5.74) is 5.00. The molecule has 3 N–H and O–H groups in total. The zero-order valence-corrected chi connectivity index (χ0v) is 10.5. The van der Waals surface area contributed by atoms with Crippen molar-refractivity contribution in [3.05, 3.63) is 35.6 Å².